The maximum atomic E-state index is 12.1. The number of amides is 2. The van der Waals surface area contributed by atoms with Gasteiger partial charge in [0.1, 0.15) is 10.3 Å². The lowest BCUT2D eigenvalue weighted by Crippen LogP contribution is -2.42. The molecule has 2 N–H and O–H groups in total. The Morgan fingerprint density at radius 2 is 1.57 bits per heavy atom. The van der Waals surface area contributed by atoms with Gasteiger partial charge < -0.3 is 10.6 Å². The fraction of sp³-hybridized carbons (Fsp3) is 0.200. The van der Waals surface area contributed by atoms with Crippen LogP contribution in [0.5, 0.6) is 0 Å². The lowest BCUT2D eigenvalue weighted by Gasteiger charge is -2.15. The third-order valence-electron chi connectivity index (χ3n) is 2.95. The van der Waals surface area contributed by atoms with Gasteiger partial charge >= 0.3 is 0 Å². The molecule has 2 amide bonds. The second-order valence-corrected chi connectivity index (χ2v) is 5.48. The van der Waals surface area contributed by atoms with Gasteiger partial charge in [-0.25, -0.2) is 9.97 Å². The van der Waals surface area contributed by atoms with Gasteiger partial charge in [-0.1, -0.05) is 23.2 Å². The van der Waals surface area contributed by atoms with Crippen LogP contribution in [0.1, 0.15) is 27.6 Å². The molecule has 8 heteroatoms. The topological polar surface area (TPSA) is 84.0 Å². The van der Waals surface area contributed by atoms with E-state index in [9.17, 15) is 9.59 Å². The van der Waals surface area contributed by atoms with Gasteiger partial charge in [-0.05, 0) is 31.2 Å². The maximum absolute atomic E-state index is 12.1. The van der Waals surface area contributed by atoms with Crippen molar-refractivity contribution in [2.75, 3.05) is 6.54 Å². The SMILES string of the molecule is CC(CNC(=O)c1cccnc1Cl)NC(=O)c1cccnc1Cl. The standard InChI is InChI=1S/C15H14Cl2N4O2/c1-9(21-15(23)11-5-3-7-19-13(11)17)8-20-14(22)10-4-2-6-18-12(10)16/h2-7,9H,8H2,1H3,(H,20,22)(H,21,23). The molecule has 0 bridgehead atoms. The van der Waals surface area contributed by atoms with E-state index in [-0.39, 0.29) is 45.8 Å². The highest BCUT2D eigenvalue weighted by molar-refractivity contribution is 6.33. The van der Waals surface area contributed by atoms with E-state index in [1.165, 1.54) is 12.4 Å². The second-order valence-electron chi connectivity index (χ2n) is 4.77. The minimum absolute atomic E-state index is 0.128. The zero-order valence-electron chi connectivity index (χ0n) is 12.2. The van der Waals surface area contributed by atoms with Crippen LogP contribution in [0.4, 0.5) is 0 Å². The normalized spacial score (nSPS) is 11.6. The molecule has 1 unspecified atom stereocenters. The number of hydrogen-bond donors (Lipinski definition) is 2. The van der Waals surface area contributed by atoms with E-state index >= 15 is 0 Å². The Balaban J connectivity index is 1.89. The van der Waals surface area contributed by atoms with Gasteiger partial charge in [-0.2, -0.15) is 0 Å². The van der Waals surface area contributed by atoms with Gasteiger partial charge in [0.15, 0.2) is 0 Å². The summed E-state index contributed by atoms with van der Waals surface area (Å²) in [5.41, 5.74) is 0.561. The fourth-order valence-corrected chi connectivity index (χ4v) is 2.21. The molecule has 0 radical (unpaired) electrons. The van der Waals surface area contributed by atoms with E-state index in [2.05, 4.69) is 20.6 Å². The summed E-state index contributed by atoms with van der Waals surface area (Å²) < 4.78 is 0. The van der Waals surface area contributed by atoms with Crippen LogP contribution in [0.25, 0.3) is 0 Å². The molecule has 2 rings (SSSR count). The van der Waals surface area contributed by atoms with E-state index in [0.29, 0.717) is 0 Å². The Hall–Kier alpha value is -2.18. The number of pyridine rings is 2. The molecule has 0 aliphatic carbocycles. The lowest BCUT2D eigenvalue weighted by molar-refractivity contribution is 0.0912. The van der Waals surface area contributed by atoms with Gasteiger partial charge in [0, 0.05) is 25.0 Å². The quantitative estimate of drug-likeness (QED) is 0.808. The van der Waals surface area contributed by atoms with Crippen LogP contribution in [-0.4, -0.2) is 34.4 Å². The highest BCUT2D eigenvalue weighted by Gasteiger charge is 2.15. The average molecular weight is 353 g/mol. The monoisotopic (exact) mass is 352 g/mol. The molecule has 1 atom stereocenters. The predicted molar refractivity (Wildman–Crippen MR) is 87.8 cm³/mol. The summed E-state index contributed by atoms with van der Waals surface area (Å²) in [6, 6.07) is 6.08. The van der Waals surface area contributed by atoms with Gasteiger partial charge in [-0.15, -0.1) is 0 Å². The van der Waals surface area contributed by atoms with E-state index in [1.54, 1.807) is 31.2 Å². The molecule has 0 spiro atoms. The Kier molecular flexibility index (Phi) is 5.90. The van der Waals surface area contributed by atoms with Crippen molar-refractivity contribution in [2.24, 2.45) is 0 Å². The number of carbonyl (C=O) groups is 2. The first-order valence-electron chi connectivity index (χ1n) is 6.79. The average Bonchev–Trinajstić information content (AvgIpc) is 2.53. The van der Waals surface area contributed by atoms with Crippen LogP contribution in [0.15, 0.2) is 36.7 Å². The highest BCUT2D eigenvalue weighted by Crippen LogP contribution is 2.12. The number of aromatic nitrogens is 2. The Morgan fingerprint density at radius 3 is 2.09 bits per heavy atom. The zero-order chi connectivity index (χ0) is 16.8. The van der Waals surface area contributed by atoms with Crippen molar-refractivity contribution in [1.82, 2.24) is 20.6 Å². The fourth-order valence-electron chi connectivity index (χ4n) is 1.80. The van der Waals surface area contributed by atoms with Crippen LogP contribution >= 0.6 is 23.2 Å². The summed E-state index contributed by atoms with van der Waals surface area (Å²) >= 11 is 11.7. The number of halogens is 2. The van der Waals surface area contributed by atoms with E-state index < -0.39 is 0 Å². The van der Waals surface area contributed by atoms with E-state index in [0.717, 1.165) is 0 Å². The highest BCUT2D eigenvalue weighted by atomic mass is 35.5. The molecule has 0 aromatic carbocycles. The molecule has 0 aliphatic heterocycles. The first-order chi connectivity index (χ1) is 11.0. The summed E-state index contributed by atoms with van der Waals surface area (Å²) in [6.07, 6.45) is 3.00. The van der Waals surface area contributed by atoms with Crippen LogP contribution < -0.4 is 10.6 Å². The molecule has 6 nitrogen and oxygen atoms in total. The van der Waals surface area contributed by atoms with Crippen molar-refractivity contribution >= 4 is 35.0 Å². The summed E-state index contributed by atoms with van der Waals surface area (Å²) in [6.45, 7) is 1.99. The zero-order valence-corrected chi connectivity index (χ0v) is 13.7. The molecule has 2 aromatic rings. The Labute approximate surface area is 143 Å². The molecule has 2 aromatic heterocycles. The van der Waals surface area contributed by atoms with Crippen molar-refractivity contribution in [3.8, 4) is 0 Å². The molecule has 2 heterocycles. The first kappa shape index (κ1) is 17.2. The van der Waals surface area contributed by atoms with Crippen molar-refractivity contribution in [2.45, 2.75) is 13.0 Å². The number of nitrogens with zero attached hydrogens (tertiary/aromatic N) is 2. The molecule has 0 fully saturated rings. The number of carbonyl (C=O) groups excluding carboxylic acids is 2. The van der Waals surface area contributed by atoms with Crippen molar-refractivity contribution in [3.63, 3.8) is 0 Å². The van der Waals surface area contributed by atoms with Gasteiger partial charge in [0.25, 0.3) is 11.8 Å². The lowest BCUT2D eigenvalue weighted by atomic mass is 10.2. The molecule has 23 heavy (non-hydrogen) atoms. The van der Waals surface area contributed by atoms with Gasteiger partial charge in [0.2, 0.25) is 0 Å². The number of hydrogen-bond acceptors (Lipinski definition) is 4. The molecule has 0 aliphatic rings. The number of nitrogens with one attached hydrogen (secondary N) is 2. The van der Waals surface area contributed by atoms with Crippen LogP contribution in [-0.2, 0) is 0 Å². The molecule has 0 saturated carbocycles. The van der Waals surface area contributed by atoms with Crippen molar-refractivity contribution in [1.29, 1.82) is 0 Å². The second kappa shape index (κ2) is 7.89. The molecular weight excluding hydrogens is 339 g/mol. The largest absolute Gasteiger partial charge is 0.350 e. The van der Waals surface area contributed by atoms with Gasteiger partial charge in [0.05, 0.1) is 11.1 Å². The molecular formula is C15H14Cl2N4O2. The van der Waals surface area contributed by atoms with Crippen molar-refractivity contribution in [3.05, 3.63) is 58.1 Å². The summed E-state index contributed by atoms with van der Waals surface area (Å²) in [7, 11) is 0. The number of rotatable bonds is 5. The van der Waals surface area contributed by atoms with E-state index in [1.807, 2.05) is 0 Å². The summed E-state index contributed by atoms with van der Waals surface area (Å²) in [4.78, 5) is 31.7. The van der Waals surface area contributed by atoms with Crippen LogP contribution in [0.3, 0.4) is 0 Å². The van der Waals surface area contributed by atoms with E-state index in [4.69, 9.17) is 23.2 Å². The smallest absolute Gasteiger partial charge is 0.254 e. The summed E-state index contributed by atoms with van der Waals surface area (Å²) in [5.74, 6) is -0.715. The predicted octanol–water partition coefficient (Wildman–Crippen LogP) is 2.33. The molecule has 120 valence electrons. The minimum atomic E-state index is -0.358. The third kappa shape index (κ3) is 4.64. The minimum Gasteiger partial charge on any atom is -0.350 e. The summed E-state index contributed by atoms with van der Waals surface area (Å²) in [5, 5.41) is 5.67. The molecule has 0 saturated heterocycles. The Bertz CT molecular complexity index is 724. The maximum Gasteiger partial charge on any atom is 0.254 e. The first-order valence-corrected chi connectivity index (χ1v) is 7.54. The van der Waals surface area contributed by atoms with Crippen LogP contribution in [0, 0.1) is 0 Å². The Morgan fingerprint density at radius 1 is 1.04 bits per heavy atom. The van der Waals surface area contributed by atoms with Crippen molar-refractivity contribution < 1.29 is 9.59 Å². The van der Waals surface area contributed by atoms with Crippen LogP contribution in [0.2, 0.25) is 10.3 Å². The van der Waals surface area contributed by atoms with Gasteiger partial charge in [-0.3, -0.25) is 9.59 Å². The third-order valence-corrected chi connectivity index (χ3v) is 3.56.